The van der Waals surface area contributed by atoms with Gasteiger partial charge in [-0.1, -0.05) is 151 Å². The molecular formula is C45H29F2N4-. The van der Waals surface area contributed by atoms with Crippen LogP contribution >= 0.6 is 0 Å². The maximum atomic E-state index is 16.1. The highest BCUT2D eigenvalue weighted by Gasteiger charge is 2.44. The molecule has 0 N–H and O–H groups in total. The lowest BCUT2D eigenvalue weighted by Crippen LogP contribution is -2.16. The molecule has 0 fully saturated rings. The van der Waals surface area contributed by atoms with Crippen molar-refractivity contribution in [2.45, 2.75) is 12.1 Å². The zero-order valence-corrected chi connectivity index (χ0v) is 27.3. The largest absolute Gasteiger partial charge is 0.438 e. The molecule has 1 aliphatic carbocycles. The Morgan fingerprint density at radius 2 is 0.980 bits per heavy atom. The third kappa shape index (κ3) is 5.61. The summed E-state index contributed by atoms with van der Waals surface area (Å²) in [6.45, 7) is 0. The SMILES string of the molecule is FC1(F)c2ccc(C3=NC(c4ccccc4)=NC(c4ccccc4)[N-]3)cc2-c2cc(-c3cc(-c4ccccc4)cc(-c4ccccc4)n3)ccc21. The first kappa shape index (κ1) is 30.5. The van der Waals surface area contributed by atoms with Crippen LogP contribution in [0.3, 0.4) is 0 Å². The Morgan fingerprint density at radius 3 is 1.61 bits per heavy atom. The van der Waals surface area contributed by atoms with Gasteiger partial charge in [0.25, 0.3) is 5.92 Å². The third-order valence-corrected chi connectivity index (χ3v) is 9.39. The van der Waals surface area contributed by atoms with Gasteiger partial charge in [-0.3, -0.25) is 4.99 Å². The van der Waals surface area contributed by atoms with E-state index in [9.17, 15) is 0 Å². The standard InChI is InChI=1S/C45H29F2N4/c46-45(47)38-23-21-33(41-28-35(29-13-5-1-6-14-29)27-40(48-41)30-15-7-2-8-16-30)25-36(38)37-26-34(22-24-39(37)45)44-50-42(31-17-9-3-10-18-31)49-43(51-44)32-19-11-4-12-20-32/h1-28,42H/q-1. The Bertz CT molecular complexity index is 2400. The second-order valence-corrected chi connectivity index (χ2v) is 12.6. The van der Waals surface area contributed by atoms with Gasteiger partial charge < -0.3 is 10.3 Å². The monoisotopic (exact) mass is 663 g/mol. The number of amidine groups is 2. The molecule has 0 amide bonds. The number of benzene rings is 6. The normalized spacial score (nSPS) is 15.6. The summed E-state index contributed by atoms with van der Waals surface area (Å²) in [6.07, 6.45) is -0.524. The van der Waals surface area contributed by atoms with Gasteiger partial charge in [-0.15, -0.1) is 0 Å². The van der Waals surface area contributed by atoms with Crippen molar-refractivity contribution in [2.24, 2.45) is 9.98 Å². The van der Waals surface area contributed by atoms with E-state index in [-0.39, 0.29) is 11.1 Å². The van der Waals surface area contributed by atoms with Crippen LogP contribution < -0.4 is 0 Å². The first-order chi connectivity index (χ1) is 25.0. The van der Waals surface area contributed by atoms with E-state index in [2.05, 4.69) is 18.2 Å². The van der Waals surface area contributed by atoms with Gasteiger partial charge in [-0.25, -0.2) is 4.98 Å². The molecule has 0 spiro atoms. The molecule has 0 bridgehead atoms. The van der Waals surface area contributed by atoms with Crippen LogP contribution in [0.5, 0.6) is 0 Å². The molecule has 0 radical (unpaired) electrons. The Morgan fingerprint density at radius 1 is 0.471 bits per heavy atom. The number of fused-ring (bicyclic) bond motifs is 3. The van der Waals surface area contributed by atoms with Gasteiger partial charge in [0, 0.05) is 22.3 Å². The fourth-order valence-electron chi connectivity index (χ4n) is 6.82. The number of pyridine rings is 1. The van der Waals surface area contributed by atoms with Gasteiger partial charge in [-0.2, -0.15) is 8.78 Å². The number of halogens is 2. The quantitative estimate of drug-likeness (QED) is 0.175. The van der Waals surface area contributed by atoms with Gasteiger partial charge in [0.15, 0.2) is 0 Å². The second kappa shape index (κ2) is 12.4. The molecule has 2 aliphatic rings. The lowest BCUT2D eigenvalue weighted by molar-refractivity contribution is 0.0480. The molecule has 244 valence electrons. The van der Waals surface area contributed by atoms with E-state index in [1.807, 2.05) is 121 Å². The molecule has 0 saturated carbocycles. The molecule has 6 aromatic carbocycles. The van der Waals surface area contributed by atoms with E-state index in [0.29, 0.717) is 34.1 Å². The molecular weight excluding hydrogens is 635 g/mol. The van der Waals surface area contributed by atoms with E-state index in [1.165, 1.54) is 12.1 Å². The molecule has 9 rings (SSSR count). The summed E-state index contributed by atoms with van der Waals surface area (Å²) < 4.78 is 32.2. The van der Waals surface area contributed by atoms with Crippen LogP contribution in [0.4, 0.5) is 8.78 Å². The average Bonchev–Trinajstić information content (AvgIpc) is 3.43. The number of rotatable bonds is 6. The lowest BCUT2D eigenvalue weighted by atomic mass is 9.97. The topological polar surface area (TPSA) is 51.7 Å². The minimum Gasteiger partial charge on any atom is -0.438 e. The number of aromatic nitrogens is 1. The Kier molecular flexibility index (Phi) is 7.43. The molecule has 7 aromatic rings. The Labute approximate surface area is 294 Å². The predicted octanol–water partition coefficient (Wildman–Crippen LogP) is 11.5. The van der Waals surface area contributed by atoms with E-state index < -0.39 is 12.1 Å². The van der Waals surface area contributed by atoms with Gasteiger partial charge in [-0.05, 0) is 63.2 Å². The van der Waals surface area contributed by atoms with Crippen molar-refractivity contribution >= 4 is 11.7 Å². The van der Waals surface area contributed by atoms with Crippen molar-refractivity contribution in [1.29, 1.82) is 0 Å². The molecule has 1 aromatic heterocycles. The predicted molar refractivity (Wildman–Crippen MR) is 201 cm³/mol. The van der Waals surface area contributed by atoms with E-state index in [0.717, 1.165) is 39.1 Å². The fourth-order valence-corrected chi connectivity index (χ4v) is 6.82. The van der Waals surface area contributed by atoms with Gasteiger partial charge in [0.1, 0.15) is 0 Å². The maximum absolute atomic E-state index is 16.1. The summed E-state index contributed by atoms with van der Waals surface area (Å²) >= 11 is 0. The highest BCUT2D eigenvalue weighted by atomic mass is 19.3. The second-order valence-electron chi connectivity index (χ2n) is 12.6. The van der Waals surface area contributed by atoms with Gasteiger partial charge in [0.2, 0.25) is 0 Å². The molecule has 1 aliphatic heterocycles. The summed E-state index contributed by atoms with van der Waals surface area (Å²) in [7, 11) is 0. The molecule has 0 saturated heterocycles. The number of nitrogens with zero attached hydrogens (tertiary/aromatic N) is 4. The number of hydrogen-bond donors (Lipinski definition) is 0. The highest BCUT2D eigenvalue weighted by molar-refractivity contribution is 6.19. The minimum absolute atomic E-state index is 0.0304. The van der Waals surface area contributed by atoms with Crippen molar-refractivity contribution in [2.75, 3.05) is 0 Å². The zero-order valence-electron chi connectivity index (χ0n) is 27.3. The maximum Gasteiger partial charge on any atom is 0.299 e. The van der Waals surface area contributed by atoms with Crippen LogP contribution in [0, 0.1) is 0 Å². The van der Waals surface area contributed by atoms with Crippen molar-refractivity contribution in [3.63, 3.8) is 0 Å². The van der Waals surface area contributed by atoms with Crippen LogP contribution in [0.2, 0.25) is 0 Å². The molecule has 6 heteroatoms. The summed E-state index contributed by atoms with van der Waals surface area (Å²) in [6, 6.07) is 53.9. The lowest BCUT2D eigenvalue weighted by Gasteiger charge is -2.32. The molecule has 1 unspecified atom stereocenters. The minimum atomic E-state index is -3.16. The van der Waals surface area contributed by atoms with Crippen LogP contribution in [-0.2, 0) is 5.92 Å². The first-order valence-electron chi connectivity index (χ1n) is 16.8. The first-order valence-corrected chi connectivity index (χ1v) is 16.8. The highest BCUT2D eigenvalue weighted by Crippen LogP contribution is 2.52. The van der Waals surface area contributed by atoms with Crippen molar-refractivity contribution < 1.29 is 8.78 Å². The zero-order chi connectivity index (χ0) is 34.4. The van der Waals surface area contributed by atoms with Crippen LogP contribution in [0.1, 0.15) is 34.0 Å². The molecule has 1 atom stereocenters. The van der Waals surface area contributed by atoms with Crippen LogP contribution in [0.25, 0.3) is 50.1 Å². The Balaban J connectivity index is 1.16. The third-order valence-electron chi connectivity index (χ3n) is 9.39. The molecule has 2 heterocycles. The summed E-state index contributed by atoms with van der Waals surface area (Å²) in [5, 5.41) is 4.92. The summed E-state index contributed by atoms with van der Waals surface area (Å²) in [4.78, 5) is 14.8. The van der Waals surface area contributed by atoms with Crippen molar-refractivity contribution in [3.05, 3.63) is 203 Å². The smallest absolute Gasteiger partial charge is 0.299 e. The van der Waals surface area contributed by atoms with Crippen molar-refractivity contribution in [3.8, 4) is 44.8 Å². The van der Waals surface area contributed by atoms with Crippen LogP contribution in [0.15, 0.2) is 180 Å². The average molecular weight is 664 g/mol. The van der Waals surface area contributed by atoms with Gasteiger partial charge in [0.05, 0.1) is 23.4 Å². The van der Waals surface area contributed by atoms with E-state index in [1.54, 1.807) is 18.2 Å². The van der Waals surface area contributed by atoms with E-state index in [4.69, 9.17) is 20.3 Å². The van der Waals surface area contributed by atoms with Crippen LogP contribution in [-0.4, -0.2) is 16.7 Å². The molecule has 51 heavy (non-hydrogen) atoms. The van der Waals surface area contributed by atoms with Gasteiger partial charge >= 0.3 is 0 Å². The number of aliphatic imine (C=N–C) groups is 2. The molecule has 4 nitrogen and oxygen atoms in total. The summed E-state index contributed by atoms with van der Waals surface area (Å²) in [5.41, 5.74) is 8.54. The fraction of sp³-hybridized carbons (Fsp3) is 0.0444. The Hall–Kier alpha value is -6.53. The summed E-state index contributed by atoms with van der Waals surface area (Å²) in [5.74, 6) is -2.18. The van der Waals surface area contributed by atoms with E-state index >= 15 is 8.78 Å². The number of alkyl halides is 2. The number of hydrogen-bond acceptors (Lipinski definition) is 3. The van der Waals surface area contributed by atoms with Crippen molar-refractivity contribution in [1.82, 2.24) is 4.98 Å².